The van der Waals surface area contributed by atoms with Crippen LogP contribution in [0.15, 0.2) is 42.6 Å². The molecule has 2 aromatic heterocycles. The molecule has 1 aromatic carbocycles. The van der Waals surface area contributed by atoms with Crippen molar-refractivity contribution in [3.63, 3.8) is 0 Å². The molecular formula is C15H16N4O. The molecule has 0 amide bonds. The number of benzene rings is 1. The van der Waals surface area contributed by atoms with E-state index in [4.69, 9.17) is 10.8 Å². The third-order valence-electron chi connectivity index (χ3n) is 3.24. The first-order valence-corrected chi connectivity index (χ1v) is 6.58. The van der Waals surface area contributed by atoms with E-state index in [2.05, 4.69) is 9.97 Å². The summed E-state index contributed by atoms with van der Waals surface area (Å²) in [6.07, 6.45) is 2.34. The van der Waals surface area contributed by atoms with Crippen molar-refractivity contribution in [2.75, 3.05) is 12.3 Å². The predicted octanol–water partition coefficient (Wildman–Crippen LogP) is 2.06. The number of hydrogen-bond donors (Lipinski definition) is 2. The van der Waals surface area contributed by atoms with Gasteiger partial charge < -0.3 is 15.4 Å². The van der Waals surface area contributed by atoms with Gasteiger partial charge in [-0.25, -0.2) is 9.97 Å². The minimum atomic E-state index is 0.135. The second-order valence-corrected chi connectivity index (χ2v) is 4.60. The van der Waals surface area contributed by atoms with Crippen molar-refractivity contribution in [2.24, 2.45) is 0 Å². The summed E-state index contributed by atoms with van der Waals surface area (Å²) < 4.78 is 2.01. The average molecular weight is 268 g/mol. The minimum absolute atomic E-state index is 0.135. The van der Waals surface area contributed by atoms with Crippen molar-refractivity contribution in [3.05, 3.63) is 42.6 Å². The maximum atomic E-state index is 9.07. The van der Waals surface area contributed by atoms with Gasteiger partial charge in [-0.15, -0.1) is 0 Å². The van der Waals surface area contributed by atoms with Crippen molar-refractivity contribution >= 4 is 16.9 Å². The number of imidazole rings is 1. The maximum Gasteiger partial charge on any atom is 0.162 e. The summed E-state index contributed by atoms with van der Waals surface area (Å²) in [5.41, 5.74) is 9.09. The van der Waals surface area contributed by atoms with Crippen LogP contribution in [-0.4, -0.2) is 26.2 Å². The number of aromatic nitrogens is 3. The van der Waals surface area contributed by atoms with E-state index in [1.807, 2.05) is 34.9 Å². The Balaban J connectivity index is 2.22. The number of aliphatic hydroxyl groups is 1. The van der Waals surface area contributed by atoms with E-state index < -0.39 is 0 Å². The second kappa shape index (κ2) is 5.30. The summed E-state index contributed by atoms with van der Waals surface area (Å²) in [6, 6.07) is 11.7. The molecule has 5 heteroatoms. The molecule has 0 saturated carbocycles. The van der Waals surface area contributed by atoms with Gasteiger partial charge in [-0.3, -0.25) is 0 Å². The number of hydrogen-bond acceptors (Lipinski definition) is 4. The van der Waals surface area contributed by atoms with Gasteiger partial charge >= 0.3 is 0 Å². The van der Waals surface area contributed by atoms with Crippen molar-refractivity contribution in [1.82, 2.24) is 14.5 Å². The molecule has 0 bridgehead atoms. The van der Waals surface area contributed by atoms with Gasteiger partial charge in [0.25, 0.3) is 0 Å². The van der Waals surface area contributed by atoms with E-state index >= 15 is 0 Å². The summed E-state index contributed by atoms with van der Waals surface area (Å²) in [5.74, 6) is 0.833. The Hall–Kier alpha value is -2.40. The van der Waals surface area contributed by atoms with E-state index in [0.717, 1.165) is 17.0 Å². The van der Waals surface area contributed by atoms with Crippen molar-refractivity contribution < 1.29 is 5.11 Å². The lowest BCUT2D eigenvalue weighted by Gasteiger charge is -2.07. The van der Waals surface area contributed by atoms with Crippen molar-refractivity contribution in [3.8, 4) is 11.4 Å². The number of anilines is 1. The SMILES string of the molecule is Nc1ccnc2c1nc(-c1ccccc1)n2CCCO. The van der Waals surface area contributed by atoms with Gasteiger partial charge in [0.1, 0.15) is 11.3 Å². The zero-order valence-electron chi connectivity index (χ0n) is 11.0. The van der Waals surface area contributed by atoms with Crippen LogP contribution in [0.2, 0.25) is 0 Å². The van der Waals surface area contributed by atoms with Crippen LogP contribution < -0.4 is 5.73 Å². The highest BCUT2D eigenvalue weighted by Crippen LogP contribution is 2.26. The number of aliphatic hydroxyl groups excluding tert-OH is 1. The van der Waals surface area contributed by atoms with E-state index in [1.54, 1.807) is 12.3 Å². The Morgan fingerprint density at radius 3 is 2.70 bits per heavy atom. The van der Waals surface area contributed by atoms with Crippen LogP contribution in [0.4, 0.5) is 5.69 Å². The smallest absolute Gasteiger partial charge is 0.162 e. The Kier molecular flexibility index (Phi) is 3.35. The Labute approximate surface area is 116 Å². The summed E-state index contributed by atoms with van der Waals surface area (Å²) in [4.78, 5) is 9.01. The number of nitrogen functional groups attached to an aromatic ring is 1. The fourth-order valence-electron chi connectivity index (χ4n) is 2.28. The zero-order chi connectivity index (χ0) is 13.9. The van der Waals surface area contributed by atoms with Crippen LogP contribution >= 0.6 is 0 Å². The molecule has 0 radical (unpaired) electrons. The lowest BCUT2D eigenvalue weighted by Crippen LogP contribution is -2.03. The standard InChI is InChI=1S/C15H16N4O/c16-12-7-8-17-15-13(12)18-14(19(15)9-4-10-20)11-5-2-1-3-6-11/h1-3,5-8,20H,4,9-10H2,(H2,16,17). The molecule has 0 spiro atoms. The molecule has 0 atom stereocenters. The Morgan fingerprint density at radius 2 is 1.95 bits per heavy atom. The minimum Gasteiger partial charge on any atom is -0.397 e. The number of nitrogens with two attached hydrogens (primary N) is 1. The van der Waals surface area contributed by atoms with Crippen molar-refractivity contribution in [1.29, 1.82) is 0 Å². The number of pyridine rings is 1. The van der Waals surface area contributed by atoms with Crippen LogP contribution in [-0.2, 0) is 6.54 Å². The van der Waals surface area contributed by atoms with Crippen LogP contribution in [0.5, 0.6) is 0 Å². The van der Waals surface area contributed by atoms with Gasteiger partial charge in [-0.2, -0.15) is 0 Å². The fraction of sp³-hybridized carbons (Fsp3) is 0.200. The molecule has 0 saturated heterocycles. The molecule has 3 rings (SSSR count). The first-order valence-electron chi connectivity index (χ1n) is 6.58. The maximum absolute atomic E-state index is 9.07. The molecule has 0 aliphatic rings. The molecule has 102 valence electrons. The summed E-state index contributed by atoms with van der Waals surface area (Å²) in [6.45, 7) is 0.796. The van der Waals surface area contributed by atoms with Gasteiger partial charge in [0.15, 0.2) is 5.65 Å². The third kappa shape index (κ3) is 2.12. The number of aryl methyl sites for hydroxylation is 1. The zero-order valence-corrected chi connectivity index (χ0v) is 11.0. The average Bonchev–Trinajstić information content (AvgIpc) is 2.86. The third-order valence-corrected chi connectivity index (χ3v) is 3.24. The van der Waals surface area contributed by atoms with Crippen molar-refractivity contribution in [2.45, 2.75) is 13.0 Å². The van der Waals surface area contributed by atoms with Gasteiger partial charge in [-0.1, -0.05) is 30.3 Å². The van der Waals surface area contributed by atoms with E-state index in [-0.39, 0.29) is 6.61 Å². The molecule has 2 heterocycles. The molecule has 3 N–H and O–H groups in total. The molecule has 0 fully saturated rings. The Bertz CT molecular complexity index is 721. The van der Waals surface area contributed by atoms with Crippen LogP contribution in [0, 0.1) is 0 Å². The monoisotopic (exact) mass is 268 g/mol. The lowest BCUT2D eigenvalue weighted by atomic mass is 10.2. The quantitative estimate of drug-likeness (QED) is 0.759. The van der Waals surface area contributed by atoms with E-state index in [1.165, 1.54) is 0 Å². The predicted molar refractivity (Wildman–Crippen MR) is 79.1 cm³/mol. The first kappa shape index (κ1) is 12.6. The number of fused-ring (bicyclic) bond motifs is 1. The van der Waals surface area contributed by atoms with Gasteiger partial charge in [0.05, 0.1) is 5.69 Å². The molecule has 0 aliphatic carbocycles. The summed E-state index contributed by atoms with van der Waals surface area (Å²) in [7, 11) is 0. The summed E-state index contributed by atoms with van der Waals surface area (Å²) in [5, 5.41) is 9.07. The highest BCUT2D eigenvalue weighted by atomic mass is 16.3. The molecule has 5 nitrogen and oxygen atoms in total. The topological polar surface area (TPSA) is 77.0 Å². The first-order chi connectivity index (χ1) is 9.81. The molecule has 3 aromatic rings. The largest absolute Gasteiger partial charge is 0.397 e. The van der Waals surface area contributed by atoms with Gasteiger partial charge in [0, 0.05) is 24.9 Å². The molecule has 0 aliphatic heterocycles. The number of nitrogens with zero attached hydrogens (tertiary/aromatic N) is 3. The van der Waals surface area contributed by atoms with Crippen LogP contribution in [0.25, 0.3) is 22.6 Å². The molecule has 20 heavy (non-hydrogen) atoms. The van der Waals surface area contributed by atoms with Crippen LogP contribution in [0.1, 0.15) is 6.42 Å². The van der Waals surface area contributed by atoms with Gasteiger partial charge in [-0.05, 0) is 12.5 Å². The summed E-state index contributed by atoms with van der Waals surface area (Å²) >= 11 is 0. The normalized spacial score (nSPS) is 11.1. The van der Waals surface area contributed by atoms with E-state index in [9.17, 15) is 0 Å². The molecular weight excluding hydrogens is 252 g/mol. The van der Waals surface area contributed by atoms with E-state index in [0.29, 0.717) is 24.2 Å². The highest BCUT2D eigenvalue weighted by Gasteiger charge is 2.14. The second-order valence-electron chi connectivity index (χ2n) is 4.60. The molecule has 0 unspecified atom stereocenters. The highest BCUT2D eigenvalue weighted by molar-refractivity contribution is 5.87. The lowest BCUT2D eigenvalue weighted by molar-refractivity contribution is 0.280. The van der Waals surface area contributed by atoms with Crippen LogP contribution in [0.3, 0.4) is 0 Å². The fourth-order valence-corrected chi connectivity index (χ4v) is 2.28. The Morgan fingerprint density at radius 1 is 1.15 bits per heavy atom. The van der Waals surface area contributed by atoms with Gasteiger partial charge in [0.2, 0.25) is 0 Å². The number of rotatable bonds is 4.